The maximum Gasteiger partial charge on any atom is 0.224 e. The third-order valence-corrected chi connectivity index (χ3v) is 4.93. The van der Waals surface area contributed by atoms with E-state index in [0.717, 1.165) is 63.7 Å². The van der Waals surface area contributed by atoms with Crippen LogP contribution in [0.3, 0.4) is 0 Å². The van der Waals surface area contributed by atoms with Crippen LogP contribution in [0.5, 0.6) is 0 Å². The van der Waals surface area contributed by atoms with Gasteiger partial charge in [-0.15, -0.1) is 0 Å². The maximum atomic E-state index is 6.23. The summed E-state index contributed by atoms with van der Waals surface area (Å²) in [7, 11) is 0. The zero-order valence-corrected chi connectivity index (χ0v) is 14.5. The molecule has 0 amide bonds. The molecule has 0 bridgehead atoms. The Morgan fingerprint density at radius 1 is 1.04 bits per heavy atom. The molecule has 1 aromatic heterocycles. The third kappa shape index (κ3) is 3.38. The van der Waals surface area contributed by atoms with E-state index in [9.17, 15) is 0 Å². The number of anilines is 1. The number of piperazine rings is 1. The summed E-state index contributed by atoms with van der Waals surface area (Å²) < 4.78 is 0. The van der Waals surface area contributed by atoms with Crippen LogP contribution in [0.15, 0.2) is 30.3 Å². The van der Waals surface area contributed by atoms with Crippen LogP contribution in [0.2, 0.25) is 5.28 Å². The molecule has 1 fully saturated rings. The van der Waals surface area contributed by atoms with Gasteiger partial charge in [0.1, 0.15) is 5.82 Å². The molecule has 3 heterocycles. The summed E-state index contributed by atoms with van der Waals surface area (Å²) in [4.78, 5) is 13.9. The summed E-state index contributed by atoms with van der Waals surface area (Å²) in [5.41, 5.74) is 3.71. The first-order valence-corrected chi connectivity index (χ1v) is 8.94. The van der Waals surface area contributed by atoms with Crippen molar-refractivity contribution in [1.29, 1.82) is 0 Å². The molecular formula is C18H22ClN5. The van der Waals surface area contributed by atoms with E-state index >= 15 is 0 Å². The van der Waals surface area contributed by atoms with Crippen LogP contribution in [-0.2, 0) is 19.5 Å². The number of fused-ring (bicyclic) bond motifs is 1. The average Bonchev–Trinajstić information content (AvgIpc) is 2.62. The first kappa shape index (κ1) is 15.8. The molecule has 1 N–H and O–H groups in total. The molecule has 24 heavy (non-hydrogen) atoms. The molecule has 6 heteroatoms. The fraction of sp³-hybridized carbons (Fsp3) is 0.444. The molecule has 0 atom stereocenters. The van der Waals surface area contributed by atoms with Gasteiger partial charge in [-0.1, -0.05) is 30.3 Å². The van der Waals surface area contributed by atoms with Crippen LogP contribution in [0.1, 0.15) is 16.8 Å². The minimum atomic E-state index is 0.365. The number of aromatic nitrogens is 2. The van der Waals surface area contributed by atoms with Gasteiger partial charge in [0.2, 0.25) is 5.28 Å². The standard InChI is InChI=1S/C18H22ClN5/c19-18-21-16-13-23(12-14-4-2-1-3-5-14)9-6-15(16)17(22-18)24-10-7-20-8-11-24/h1-5,20H,6-13H2. The number of hydrogen-bond donors (Lipinski definition) is 1. The summed E-state index contributed by atoms with van der Waals surface area (Å²) in [6, 6.07) is 10.6. The van der Waals surface area contributed by atoms with Gasteiger partial charge >= 0.3 is 0 Å². The molecule has 0 radical (unpaired) electrons. The van der Waals surface area contributed by atoms with Gasteiger partial charge in [0.15, 0.2) is 0 Å². The van der Waals surface area contributed by atoms with Crippen LogP contribution in [-0.4, -0.2) is 47.6 Å². The van der Waals surface area contributed by atoms with Crippen molar-refractivity contribution >= 4 is 17.4 Å². The molecule has 2 aliphatic heterocycles. The molecule has 0 saturated carbocycles. The number of nitrogens with one attached hydrogen (secondary N) is 1. The van der Waals surface area contributed by atoms with Gasteiger partial charge in [0.05, 0.1) is 5.69 Å². The Labute approximate surface area is 147 Å². The molecule has 5 nitrogen and oxygen atoms in total. The molecule has 126 valence electrons. The lowest BCUT2D eigenvalue weighted by Crippen LogP contribution is -2.45. The van der Waals surface area contributed by atoms with Crippen LogP contribution in [0, 0.1) is 0 Å². The second-order valence-corrected chi connectivity index (χ2v) is 6.76. The predicted molar refractivity (Wildman–Crippen MR) is 96.4 cm³/mol. The molecule has 1 aromatic carbocycles. The highest BCUT2D eigenvalue weighted by atomic mass is 35.5. The third-order valence-electron chi connectivity index (χ3n) is 4.76. The Bertz CT molecular complexity index is 700. The number of hydrogen-bond acceptors (Lipinski definition) is 5. The van der Waals surface area contributed by atoms with Crippen molar-refractivity contribution in [2.45, 2.75) is 19.5 Å². The topological polar surface area (TPSA) is 44.3 Å². The number of rotatable bonds is 3. The second-order valence-electron chi connectivity index (χ2n) is 6.42. The number of halogens is 1. The van der Waals surface area contributed by atoms with Gasteiger partial charge < -0.3 is 10.2 Å². The van der Waals surface area contributed by atoms with E-state index < -0.39 is 0 Å². The fourth-order valence-corrected chi connectivity index (χ4v) is 3.73. The Balaban J connectivity index is 1.56. The van der Waals surface area contributed by atoms with Gasteiger partial charge in [-0.25, -0.2) is 9.97 Å². The molecule has 1 saturated heterocycles. The molecule has 0 spiro atoms. The molecular weight excluding hydrogens is 322 g/mol. The highest BCUT2D eigenvalue weighted by Crippen LogP contribution is 2.28. The van der Waals surface area contributed by atoms with Crippen molar-refractivity contribution in [3.8, 4) is 0 Å². The molecule has 0 aliphatic carbocycles. The Kier molecular flexibility index (Phi) is 4.65. The van der Waals surface area contributed by atoms with Crippen molar-refractivity contribution < 1.29 is 0 Å². The summed E-state index contributed by atoms with van der Waals surface area (Å²) in [6.45, 7) is 6.77. The Morgan fingerprint density at radius 2 is 1.83 bits per heavy atom. The quantitative estimate of drug-likeness (QED) is 0.865. The molecule has 4 rings (SSSR count). The van der Waals surface area contributed by atoms with Gasteiger partial charge in [-0.05, 0) is 23.6 Å². The Morgan fingerprint density at radius 3 is 2.62 bits per heavy atom. The zero-order chi connectivity index (χ0) is 16.4. The van der Waals surface area contributed by atoms with Crippen molar-refractivity contribution in [1.82, 2.24) is 20.2 Å². The largest absolute Gasteiger partial charge is 0.354 e. The summed E-state index contributed by atoms with van der Waals surface area (Å²) in [5, 5.41) is 3.75. The smallest absolute Gasteiger partial charge is 0.224 e. The summed E-state index contributed by atoms with van der Waals surface area (Å²) >= 11 is 6.23. The fourth-order valence-electron chi connectivity index (χ4n) is 3.55. The number of benzene rings is 1. The lowest BCUT2D eigenvalue weighted by atomic mass is 10.0. The normalized spacial score (nSPS) is 18.5. The van der Waals surface area contributed by atoms with Crippen LogP contribution >= 0.6 is 11.6 Å². The SMILES string of the molecule is Clc1nc2c(c(N3CCNCC3)n1)CCN(Cc1ccccc1)C2. The molecule has 0 unspecified atom stereocenters. The minimum absolute atomic E-state index is 0.365. The van der Waals surface area contributed by atoms with E-state index in [2.05, 4.69) is 55.4 Å². The zero-order valence-electron chi connectivity index (χ0n) is 13.7. The van der Waals surface area contributed by atoms with Crippen LogP contribution in [0.4, 0.5) is 5.82 Å². The van der Waals surface area contributed by atoms with E-state index in [1.165, 1.54) is 11.1 Å². The Hall–Kier alpha value is -1.69. The second kappa shape index (κ2) is 7.05. The monoisotopic (exact) mass is 343 g/mol. The lowest BCUT2D eigenvalue weighted by molar-refractivity contribution is 0.241. The highest BCUT2D eigenvalue weighted by Gasteiger charge is 2.25. The number of nitrogens with zero attached hydrogens (tertiary/aromatic N) is 4. The summed E-state index contributed by atoms with van der Waals surface area (Å²) in [5.74, 6) is 1.05. The van der Waals surface area contributed by atoms with Crippen molar-refractivity contribution in [3.63, 3.8) is 0 Å². The van der Waals surface area contributed by atoms with Crippen molar-refractivity contribution in [3.05, 3.63) is 52.4 Å². The van der Waals surface area contributed by atoms with Gasteiger partial charge in [0, 0.05) is 51.4 Å². The first-order valence-electron chi connectivity index (χ1n) is 8.57. The average molecular weight is 344 g/mol. The van der Waals surface area contributed by atoms with Crippen molar-refractivity contribution in [2.24, 2.45) is 0 Å². The first-order chi connectivity index (χ1) is 11.8. The molecule has 2 aromatic rings. The highest BCUT2D eigenvalue weighted by molar-refractivity contribution is 6.28. The maximum absolute atomic E-state index is 6.23. The van der Waals surface area contributed by atoms with E-state index in [0.29, 0.717) is 5.28 Å². The van der Waals surface area contributed by atoms with Crippen LogP contribution in [0.25, 0.3) is 0 Å². The lowest BCUT2D eigenvalue weighted by Gasteiger charge is -2.34. The van der Waals surface area contributed by atoms with E-state index in [-0.39, 0.29) is 0 Å². The van der Waals surface area contributed by atoms with Gasteiger partial charge in [-0.2, -0.15) is 0 Å². The molecule has 2 aliphatic rings. The van der Waals surface area contributed by atoms with E-state index in [4.69, 9.17) is 11.6 Å². The predicted octanol–water partition coefficient (Wildman–Crippen LogP) is 2.10. The van der Waals surface area contributed by atoms with Crippen molar-refractivity contribution in [2.75, 3.05) is 37.6 Å². The van der Waals surface area contributed by atoms with Gasteiger partial charge in [-0.3, -0.25) is 4.90 Å². The minimum Gasteiger partial charge on any atom is -0.354 e. The van der Waals surface area contributed by atoms with Crippen LogP contribution < -0.4 is 10.2 Å². The summed E-state index contributed by atoms with van der Waals surface area (Å²) in [6.07, 6.45) is 0.985. The van der Waals surface area contributed by atoms with E-state index in [1.54, 1.807) is 0 Å². The van der Waals surface area contributed by atoms with E-state index in [1.807, 2.05) is 0 Å². The van der Waals surface area contributed by atoms with Gasteiger partial charge in [0.25, 0.3) is 0 Å².